The van der Waals surface area contributed by atoms with E-state index >= 15 is 0 Å². The predicted molar refractivity (Wildman–Crippen MR) is 65.3 cm³/mol. The Balaban J connectivity index is 1.82. The first-order valence-corrected chi connectivity index (χ1v) is 6.31. The lowest BCUT2D eigenvalue weighted by Gasteiger charge is -2.36. The molecular weight excluding hydrogens is 230 g/mol. The fraction of sp³-hybridized carbons (Fsp3) is 0.818. The molecule has 1 aromatic heterocycles. The van der Waals surface area contributed by atoms with Gasteiger partial charge in [-0.25, -0.2) is 0 Å². The Bertz CT molecular complexity index is 413. The molecule has 1 fully saturated rings. The van der Waals surface area contributed by atoms with Gasteiger partial charge in [-0.2, -0.15) is 10.1 Å². The third-order valence-corrected chi connectivity index (χ3v) is 3.30. The van der Waals surface area contributed by atoms with E-state index in [-0.39, 0.29) is 6.04 Å². The quantitative estimate of drug-likeness (QED) is 0.725. The molecule has 1 saturated heterocycles. The minimum Gasteiger partial charge on any atom is -0.293 e. The number of hydrogen-bond acceptors (Lipinski definition) is 6. The Kier molecular flexibility index (Phi) is 4.23. The molecule has 7 heteroatoms. The van der Waals surface area contributed by atoms with E-state index in [0.717, 1.165) is 45.0 Å². The second kappa shape index (κ2) is 5.89. The maximum atomic E-state index is 9.05. The van der Waals surface area contributed by atoms with Gasteiger partial charge in [0.15, 0.2) is 5.82 Å². The normalized spacial score (nSPS) is 19.6. The van der Waals surface area contributed by atoms with Gasteiger partial charge in [0.25, 0.3) is 0 Å². The van der Waals surface area contributed by atoms with Crippen LogP contribution < -0.4 is 0 Å². The summed E-state index contributed by atoms with van der Waals surface area (Å²) >= 11 is 0. The van der Waals surface area contributed by atoms with Crippen LogP contribution in [0.1, 0.15) is 19.2 Å². The number of rotatable bonds is 4. The van der Waals surface area contributed by atoms with Crippen molar-refractivity contribution in [2.24, 2.45) is 7.05 Å². The molecular formula is C11H19N7. The van der Waals surface area contributed by atoms with Crippen molar-refractivity contribution in [3.63, 3.8) is 0 Å². The van der Waals surface area contributed by atoms with E-state index in [1.807, 2.05) is 0 Å². The monoisotopic (exact) mass is 249 g/mol. The Morgan fingerprint density at radius 2 is 2.06 bits per heavy atom. The van der Waals surface area contributed by atoms with E-state index < -0.39 is 0 Å². The highest BCUT2D eigenvalue weighted by Crippen LogP contribution is 2.10. The zero-order chi connectivity index (χ0) is 13.0. The van der Waals surface area contributed by atoms with Gasteiger partial charge in [-0.3, -0.25) is 9.80 Å². The van der Waals surface area contributed by atoms with Crippen LogP contribution in [0.2, 0.25) is 0 Å². The molecule has 98 valence electrons. The number of nitriles is 1. The van der Waals surface area contributed by atoms with Crippen molar-refractivity contribution >= 4 is 0 Å². The van der Waals surface area contributed by atoms with Crippen LogP contribution in [0.15, 0.2) is 0 Å². The van der Waals surface area contributed by atoms with Crippen molar-refractivity contribution in [2.75, 3.05) is 26.2 Å². The zero-order valence-electron chi connectivity index (χ0n) is 11.0. The summed E-state index contributed by atoms with van der Waals surface area (Å²) in [7, 11) is 1.77. The maximum Gasteiger partial charge on any atom is 0.188 e. The van der Waals surface area contributed by atoms with Crippen LogP contribution in [0.4, 0.5) is 0 Å². The molecule has 1 unspecified atom stereocenters. The second-order valence-electron chi connectivity index (χ2n) is 4.56. The number of tetrazole rings is 1. The van der Waals surface area contributed by atoms with Crippen LogP contribution in [0.25, 0.3) is 0 Å². The third kappa shape index (κ3) is 3.03. The predicted octanol–water partition coefficient (Wildman–Crippen LogP) is -0.370. The number of piperazine rings is 1. The van der Waals surface area contributed by atoms with Gasteiger partial charge in [0.05, 0.1) is 25.7 Å². The van der Waals surface area contributed by atoms with Gasteiger partial charge < -0.3 is 0 Å². The van der Waals surface area contributed by atoms with E-state index in [1.54, 1.807) is 7.05 Å². The van der Waals surface area contributed by atoms with Crippen molar-refractivity contribution in [3.8, 4) is 6.07 Å². The number of nitrogens with zero attached hydrogens (tertiary/aromatic N) is 7. The Morgan fingerprint density at radius 1 is 1.33 bits per heavy atom. The summed E-state index contributed by atoms with van der Waals surface area (Å²) in [4.78, 5) is 6.03. The zero-order valence-corrected chi connectivity index (χ0v) is 11.0. The van der Waals surface area contributed by atoms with E-state index in [2.05, 4.69) is 38.2 Å². The highest BCUT2D eigenvalue weighted by Gasteiger charge is 2.23. The average molecular weight is 249 g/mol. The summed E-state index contributed by atoms with van der Waals surface area (Å²) in [6, 6.07) is 2.42. The fourth-order valence-electron chi connectivity index (χ4n) is 2.25. The van der Waals surface area contributed by atoms with Gasteiger partial charge in [0.2, 0.25) is 0 Å². The second-order valence-corrected chi connectivity index (χ2v) is 4.56. The minimum atomic E-state index is 0.0572. The van der Waals surface area contributed by atoms with Crippen molar-refractivity contribution < 1.29 is 0 Å². The van der Waals surface area contributed by atoms with Crippen LogP contribution in [-0.2, 0) is 13.6 Å². The highest BCUT2D eigenvalue weighted by molar-refractivity contribution is 4.93. The van der Waals surface area contributed by atoms with Crippen molar-refractivity contribution in [1.82, 2.24) is 30.0 Å². The summed E-state index contributed by atoms with van der Waals surface area (Å²) in [6.45, 7) is 6.58. The molecule has 0 bridgehead atoms. The molecule has 18 heavy (non-hydrogen) atoms. The van der Waals surface area contributed by atoms with E-state index in [0.29, 0.717) is 0 Å². The lowest BCUT2D eigenvalue weighted by atomic mass is 10.2. The number of hydrogen-bond donors (Lipinski definition) is 0. The third-order valence-electron chi connectivity index (χ3n) is 3.30. The van der Waals surface area contributed by atoms with Crippen LogP contribution in [0.3, 0.4) is 0 Å². The van der Waals surface area contributed by atoms with Crippen LogP contribution in [0, 0.1) is 11.3 Å². The summed E-state index contributed by atoms with van der Waals surface area (Å²) in [5.41, 5.74) is 0. The van der Waals surface area contributed by atoms with Gasteiger partial charge >= 0.3 is 0 Å². The smallest absolute Gasteiger partial charge is 0.188 e. The molecule has 0 aromatic carbocycles. The molecule has 0 saturated carbocycles. The summed E-state index contributed by atoms with van der Waals surface area (Å²) in [6.07, 6.45) is 0.891. The molecule has 0 amide bonds. The van der Waals surface area contributed by atoms with E-state index in [9.17, 15) is 0 Å². The minimum absolute atomic E-state index is 0.0572. The van der Waals surface area contributed by atoms with Crippen molar-refractivity contribution in [3.05, 3.63) is 5.82 Å². The first-order valence-electron chi connectivity index (χ1n) is 6.31. The highest BCUT2D eigenvalue weighted by atomic mass is 15.6. The van der Waals surface area contributed by atoms with Gasteiger partial charge in [-0.15, -0.1) is 10.2 Å². The molecule has 7 nitrogen and oxygen atoms in total. The number of aromatic nitrogens is 4. The molecule has 0 aliphatic carbocycles. The standard InChI is InChI=1S/C11H19N7/c1-3-10(8-12)18-6-4-17(5-7-18)9-11-13-15-16(2)14-11/h10H,3-7,9H2,1-2H3. The molecule has 2 heterocycles. The lowest BCUT2D eigenvalue weighted by Crippen LogP contribution is -2.49. The van der Waals surface area contributed by atoms with Gasteiger partial charge in [0.1, 0.15) is 0 Å². The Morgan fingerprint density at radius 3 is 2.56 bits per heavy atom. The molecule has 2 rings (SSSR count). The molecule has 1 aliphatic rings. The molecule has 1 aliphatic heterocycles. The lowest BCUT2D eigenvalue weighted by molar-refractivity contribution is 0.106. The van der Waals surface area contributed by atoms with Gasteiger partial charge in [-0.05, 0) is 11.6 Å². The first kappa shape index (κ1) is 12.9. The Labute approximate surface area is 107 Å². The van der Waals surface area contributed by atoms with Crippen LogP contribution in [0.5, 0.6) is 0 Å². The summed E-state index contributed by atoms with van der Waals surface area (Å²) < 4.78 is 0. The number of aryl methyl sites for hydroxylation is 1. The largest absolute Gasteiger partial charge is 0.293 e. The first-order chi connectivity index (χ1) is 8.72. The molecule has 1 atom stereocenters. The summed E-state index contributed by atoms with van der Waals surface area (Å²) in [5, 5.41) is 21.0. The van der Waals surface area contributed by atoms with E-state index in [4.69, 9.17) is 5.26 Å². The van der Waals surface area contributed by atoms with Crippen molar-refractivity contribution in [1.29, 1.82) is 5.26 Å². The fourth-order valence-corrected chi connectivity index (χ4v) is 2.25. The van der Waals surface area contributed by atoms with Crippen molar-refractivity contribution in [2.45, 2.75) is 25.9 Å². The van der Waals surface area contributed by atoms with E-state index in [1.165, 1.54) is 4.80 Å². The molecule has 0 radical (unpaired) electrons. The Hall–Kier alpha value is -1.52. The van der Waals surface area contributed by atoms with Gasteiger partial charge in [-0.1, -0.05) is 6.92 Å². The summed E-state index contributed by atoms with van der Waals surface area (Å²) in [5.74, 6) is 0.762. The van der Waals surface area contributed by atoms with Crippen LogP contribution in [-0.4, -0.2) is 62.2 Å². The molecule has 1 aromatic rings. The SMILES string of the molecule is CCC(C#N)N1CCN(Cc2nnn(C)n2)CC1. The molecule has 0 N–H and O–H groups in total. The average Bonchev–Trinajstić information content (AvgIpc) is 2.78. The molecule has 0 spiro atoms. The van der Waals surface area contributed by atoms with Crippen LogP contribution >= 0.6 is 0 Å². The topological polar surface area (TPSA) is 73.9 Å². The van der Waals surface area contributed by atoms with Gasteiger partial charge in [0, 0.05) is 26.2 Å². The maximum absolute atomic E-state index is 9.05.